The molecule has 0 spiro atoms. The second-order valence-corrected chi connectivity index (χ2v) is 5.02. The van der Waals surface area contributed by atoms with E-state index in [-0.39, 0.29) is 23.6 Å². The molecule has 0 saturated carbocycles. The van der Waals surface area contributed by atoms with Crippen LogP contribution < -0.4 is 5.32 Å². The minimum atomic E-state index is -0.676. The second kappa shape index (κ2) is 5.16. The van der Waals surface area contributed by atoms with Gasteiger partial charge in [0.1, 0.15) is 11.6 Å². The third-order valence-electron chi connectivity index (χ3n) is 2.45. The molecule has 0 bridgehead atoms. The zero-order valence-electron chi connectivity index (χ0n) is 10.6. The van der Waals surface area contributed by atoms with Crippen molar-refractivity contribution < 1.29 is 19.1 Å². The summed E-state index contributed by atoms with van der Waals surface area (Å²) in [5.74, 6) is -1.77. The molecule has 98 valence electrons. The van der Waals surface area contributed by atoms with Crippen molar-refractivity contribution in [2.75, 3.05) is 6.54 Å². The van der Waals surface area contributed by atoms with E-state index in [2.05, 4.69) is 5.32 Å². The second-order valence-electron chi connectivity index (χ2n) is 5.02. The molecule has 1 aromatic rings. The highest BCUT2D eigenvalue weighted by molar-refractivity contribution is 5.99. The molecule has 1 amide bonds. The molecule has 0 radical (unpaired) electrons. The van der Waals surface area contributed by atoms with Gasteiger partial charge < -0.3 is 10.4 Å². The maximum atomic E-state index is 12.9. The van der Waals surface area contributed by atoms with Gasteiger partial charge in [-0.15, -0.1) is 0 Å². The summed E-state index contributed by atoms with van der Waals surface area (Å²) in [6.45, 7) is 5.06. The fourth-order valence-electron chi connectivity index (χ4n) is 1.21. The van der Waals surface area contributed by atoms with Crippen LogP contribution in [0.4, 0.5) is 4.39 Å². The summed E-state index contributed by atoms with van der Waals surface area (Å²) in [6, 6.07) is 3.06. The summed E-state index contributed by atoms with van der Waals surface area (Å²) < 4.78 is 12.9. The summed E-state index contributed by atoms with van der Waals surface area (Å²) in [5.41, 5.74) is -0.742. The minimum absolute atomic E-state index is 0.147. The fourth-order valence-corrected chi connectivity index (χ4v) is 1.21. The first kappa shape index (κ1) is 14.2. The Morgan fingerprint density at radius 2 is 1.94 bits per heavy atom. The Balaban J connectivity index is 2.72. The number of hydrogen-bond donors (Lipinski definition) is 2. The molecule has 1 aromatic carbocycles. The molecule has 0 aliphatic carbocycles. The Hall–Kier alpha value is -1.91. The predicted molar refractivity (Wildman–Crippen MR) is 64.9 cm³/mol. The van der Waals surface area contributed by atoms with Crippen LogP contribution in [0.1, 0.15) is 31.1 Å². The van der Waals surface area contributed by atoms with E-state index in [0.29, 0.717) is 0 Å². The standard InChI is InChI=1S/C13H16FNO3/c1-13(2,3)11(17)7-15-12(18)9-6-8(14)4-5-10(9)16/h4-6,16H,7H2,1-3H3,(H,15,18). The van der Waals surface area contributed by atoms with E-state index in [4.69, 9.17) is 0 Å². The lowest BCUT2D eigenvalue weighted by atomic mass is 9.91. The van der Waals surface area contributed by atoms with Crippen molar-refractivity contribution in [1.29, 1.82) is 0 Å². The fraction of sp³-hybridized carbons (Fsp3) is 0.385. The van der Waals surface area contributed by atoms with Crippen LogP contribution in [0, 0.1) is 11.2 Å². The van der Waals surface area contributed by atoms with Gasteiger partial charge in [-0.25, -0.2) is 4.39 Å². The number of aromatic hydroxyl groups is 1. The quantitative estimate of drug-likeness (QED) is 0.864. The van der Waals surface area contributed by atoms with Gasteiger partial charge in [-0.05, 0) is 18.2 Å². The van der Waals surface area contributed by atoms with Gasteiger partial charge in [0.15, 0.2) is 5.78 Å². The summed E-state index contributed by atoms with van der Waals surface area (Å²) in [4.78, 5) is 23.3. The number of amides is 1. The lowest BCUT2D eigenvalue weighted by Crippen LogP contribution is -2.35. The smallest absolute Gasteiger partial charge is 0.255 e. The Bertz CT molecular complexity index is 478. The van der Waals surface area contributed by atoms with Gasteiger partial charge in [0.25, 0.3) is 5.91 Å². The Morgan fingerprint density at radius 1 is 1.33 bits per heavy atom. The number of benzene rings is 1. The molecular formula is C13H16FNO3. The van der Waals surface area contributed by atoms with Crippen molar-refractivity contribution in [3.8, 4) is 5.75 Å². The first-order valence-corrected chi connectivity index (χ1v) is 5.52. The number of phenols is 1. The molecule has 0 heterocycles. The first-order chi connectivity index (χ1) is 8.21. The van der Waals surface area contributed by atoms with Gasteiger partial charge in [-0.3, -0.25) is 9.59 Å². The van der Waals surface area contributed by atoms with E-state index in [1.807, 2.05) is 0 Å². The van der Waals surface area contributed by atoms with Gasteiger partial charge in [-0.2, -0.15) is 0 Å². The van der Waals surface area contributed by atoms with Gasteiger partial charge in [-0.1, -0.05) is 20.8 Å². The zero-order chi connectivity index (χ0) is 13.9. The number of carbonyl (C=O) groups excluding carboxylic acids is 2. The van der Waals surface area contributed by atoms with Crippen LogP contribution >= 0.6 is 0 Å². The van der Waals surface area contributed by atoms with E-state index >= 15 is 0 Å². The lowest BCUT2D eigenvalue weighted by Gasteiger charge is -2.16. The van der Waals surface area contributed by atoms with E-state index in [0.717, 1.165) is 18.2 Å². The van der Waals surface area contributed by atoms with Crippen LogP contribution in [0.2, 0.25) is 0 Å². The van der Waals surface area contributed by atoms with Gasteiger partial charge in [0.05, 0.1) is 12.1 Å². The maximum Gasteiger partial charge on any atom is 0.255 e. The number of Topliss-reactive ketones (excluding diaryl/α,β-unsaturated/α-hetero) is 1. The third kappa shape index (κ3) is 3.55. The van der Waals surface area contributed by atoms with Crippen molar-refractivity contribution in [2.24, 2.45) is 5.41 Å². The number of halogens is 1. The van der Waals surface area contributed by atoms with Crippen molar-refractivity contribution in [1.82, 2.24) is 5.32 Å². The molecule has 4 nitrogen and oxygen atoms in total. The summed E-state index contributed by atoms with van der Waals surface area (Å²) in [6.07, 6.45) is 0. The Kier molecular flexibility index (Phi) is 4.06. The number of phenolic OH excluding ortho intramolecular Hbond substituents is 1. The minimum Gasteiger partial charge on any atom is -0.507 e. The van der Waals surface area contributed by atoms with E-state index in [9.17, 15) is 19.1 Å². The highest BCUT2D eigenvalue weighted by atomic mass is 19.1. The monoisotopic (exact) mass is 253 g/mol. The van der Waals surface area contributed by atoms with Crippen LogP contribution in [-0.4, -0.2) is 23.3 Å². The van der Waals surface area contributed by atoms with Gasteiger partial charge in [0, 0.05) is 5.41 Å². The molecule has 1 rings (SSSR count). The summed E-state index contributed by atoms with van der Waals surface area (Å²) in [7, 11) is 0. The Labute approximate surface area is 105 Å². The van der Waals surface area contributed by atoms with E-state index in [1.165, 1.54) is 0 Å². The molecule has 18 heavy (non-hydrogen) atoms. The SMILES string of the molecule is CC(C)(C)C(=O)CNC(=O)c1cc(F)ccc1O. The number of hydrogen-bond acceptors (Lipinski definition) is 3. The summed E-state index contributed by atoms with van der Waals surface area (Å²) in [5, 5.41) is 11.8. The van der Waals surface area contributed by atoms with Crippen molar-refractivity contribution >= 4 is 11.7 Å². The number of ketones is 1. The molecule has 0 atom stereocenters. The van der Waals surface area contributed by atoms with Crippen LogP contribution in [0.3, 0.4) is 0 Å². The molecule has 0 saturated heterocycles. The van der Waals surface area contributed by atoms with E-state index in [1.54, 1.807) is 20.8 Å². The predicted octanol–water partition coefficient (Wildman–Crippen LogP) is 1.88. The first-order valence-electron chi connectivity index (χ1n) is 5.52. The van der Waals surface area contributed by atoms with Crippen molar-refractivity contribution in [3.05, 3.63) is 29.6 Å². The lowest BCUT2D eigenvalue weighted by molar-refractivity contribution is -0.125. The molecule has 0 aromatic heterocycles. The zero-order valence-corrected chi connectivity index (χ0v) is 10.6. The molecule has 0 aliphatic rings. The molecule has 0 unspecified atom stereocenters. The van der Waals surface area contributed by atoms with Gasteiger partial charge in [0.2, 0.25) is 0 Å². The topological polar surface area (TPSA) is 66.4 Å². The number of rotatable bonds is 3. The number of nitrogens with one attached hydrogen (secondary N) is 1. The van der Waals surface area contributed by atoms with Crippen LogP contribution in [-0.2, 0) is 4.79 Å². The normalized spacial score (nSPS) is 11.1. The van der Waals surface area contributed by atoms with Crippen LogP contribution in [0.15, 0.2) is 18.2 Å². The molecule has 5 heteroatoms. The van der Waals surface area contributed by atoms with Gasteiger partial charge >= 0.3 is 0 Å². The average molecular weight is 253 g/mol. The molecule has 0 fully saturated rings. The maximum absolute atomic E-state index is 12.9. The molecule has 2 N–H and O–H groups in total. The van der Waals surface area contributed by atoms with Crippen LogP contribution in [0.5, 0.6) is 5.75 Å². The van der Waals surface area contributed by atoms with Crippen molar-refractivity contribution in [2.45, 2.75) is 20.8 Å². The van der Waals surface area contributed by atoms with Crippen molar-refractivity contribution in [3.63, 3.8) is 0 Å². The highest BCUT2D eigenvalue weighted by Gasteiger charge is 2.22. The third-order valence-corrected chi connectivity index (χ3v) is 2.45. The average Bonchev–Trinajstić information content (AvgIpc) is 2.27. The largest absolute Gasteiger partial charge is 0.507 e. The molecule has 0 aliphatic heterocycles. The molecular weight excluding hydrogens is 237 g/mol. The van der Waals surface area contributed by atoms with Crippen LogP contribution in [0.25, 0.3) is 0 Å². The Morgan fingerprint density at radius 3 is 2.50 bits per heavy atom. The summed E-state index contributed by atoms with van der Waals surface area (Å²) >= 11 is 0. The highest BCUT2D eigenvalue weighted by Crippen LogP contribution is 2.18. The number of carbonyl (C=O) groups is 2. The van der Waals surface area contributed by atoms with E-state index < -0.39 is 17.1 Å².